The maximum Gasteiger partial charge on any atom is 0.326 e. The minimum absolute atomic E-state index is 0.306. The highest BCUT2D eigenvalue weighted by atomic mass is 16.5. The van der Waals surface area contributed by atoms with Gasteiger partial charge in [-0.15, -0.1) is 0 Å². The number of esters is 1. The summed E-state index contributed by atoms with van der Waals surface area (Å²) in [6.07, 6.45) is 2.10. The molecule has 1 atom stereocenters. The fourth-order valence-corrected chi connectivity index (χ4v) is 2.44. The summed E-state index contributed by atoms with van der Waals surface area (Å²) in [5.41, 5.74) is 9.07. The number of hydrogen-bond donors (Lipinski definition) is 1. The van der Waals surface area contributed by atoms with Gasteiger partial charge in [0, 0.05) is 6.42 Å². The first kappa shape index (κ1) is 11.1. The fourth-order valence-electron chi connectivity index (χ4n) is 2.44. The molecule has 16 heavy (non-hydrogen) atoms. The topological polar surface area (TPSA) is 52.3 Å². The van der Waals surface area contributed by atoms with E-state index in [0.29, 0.717) is 12.8 Å². The Labute approximate surface area is 95.6 Å². The lowest BCUT2D eigenvalue weighted by molar-refractivity contribution is -0.147. The van der Waals surface area contributed by atoms with Gasteiger partial charge in [-0.2, -0.15) is 0 Å². The van der Waals surface area contributed by atoms with Crippen LogP contribution >= 0.6 is 0 Å². The van der Waals surface area contributed by atoms with Gasteiger partial charge in [0.25, 0.3) is 0 Å². The second-order valence-electron chi connectivity index (χ2n) is 4.54. The molecule has 1 unspecified atom stereocenters. The molecule has 0 radical (unpaired) electrons. The van der Waals surface area contributed by atoms with Crippen LogP contribution in [-0.4, -0.2) is 18.6 Å². The second-order valence-corrected chi connectivity index (χ2v) is 4.54. The van der Waals surface area contributed by atoms with Crippen molar-refractivity contribution in [2.75, 3.05) is 7.11 Å². The first-order valence-corrected chi connectivity index (χ1v) is 5.51. The van der Waals surface area contributed by atoms with E-state index in [2.05, 4.69) is 13.0 Å². The van der Waals surface area contributed by atoms with E-state index < -0.39 is 5.54 Å². The van der Waals surface area contributed by atoms with Gasteiger partial charge in [-0.3, -0.25) is 4.79 Å². The van der Waals surface area contributed by atoms with E-state index in [0.717, 1.165) is 6.42 Å². The van der Waals surface area contributed by atoms with Crippen LogP contribution in [0.3, 0.4) is 0 Å². The Hall–Kier alpha value is -1.35. The molecule has 86 valence electrons. The van der Waals surface area contributed by atoms with Crippen LogP contribution in [0.2, 0.25) is 0 Å². The molecular formula is C13H17NO2. The van der Waals surface area contributed by atoms with Crippen LogP contribution in [0.15, 0.2) is 18.2 Å². The van der Waals surface area contributed by atoms with Crippen LogP contribution in [0.1, 0.15) is 23.1 Å². The molecule has 1 aliphatic rings. The molecule has 0 fully saturated rings. The summed E-state index contributed by atoms with van der Waals surface area (Å²) >= 11 is 0. The SMILES string of the molecule is COC(=O)C1(N)CCc2c(C)cccc2C1. The summed E-state index contributed by atoms with van der Waals surface area (Å²) < 4.78 is 4.77. The molecule has 0 aliphatic heterocycles. The minimum Gasteiger partial charge on any atom is -0.468 e. The molecule has 0 saturated carbocycles. The van der Waals surface area contributed by atoms with Gasteiger partial charge in [-0.1, -0.05) is 18.2 Å². The Morgan fingerprint density at radius 2 is 2.25 bits per heavy atom. The summed E-state index contributed by atoms with van der Waals surface area (Å²) in [5, 5.41) is 0. The number of rotatable bonds is 1. The van der Waals surface area contributed by atoms with Crippen LogP contribution in [0.5, 0.6) is 0 Å². The normalized spacial score (nSPS) is 23.7. The van der Waals surface area contributed by atoms with Gasteiger partial charge in [0.2, 0.25) is 0 Å². The van der Waals surface area contributed by atoms with Crippen LogP contribution in [-0.2, 0) is 22.4 Å². The number of carbonyl (C=O) groups excluding carboxylic acids is 1. The van der Waals surface area contributed by atoms with Crippen molar-refractivity contribution in [1.82, 2.24) is 0 Å². The highest BCUT2D eigenvalue weighted by Crippen LogP contribution is 2.29. The maximum atomic E-state index is 11.6. The van der Waals surface area contributed by atoms with Gasteiger partial charge in [0.1, 0.15) is 5.54 Å². The molecule has 1 aromatic rings. The van der Waals surface area contributed by atoms with E-state index in [1.54, 1.807) is 0 Å². The first-order valence-electron chi connectivity index (χ1n) is 5.51. The number of hydrogen-bond acceptors (Lipinski definition) is 3. The third-order valence-electron chi connectivity index (χ3n) is 3.43. The summed E-state index contributed by atoms with van der Waals surface area (Å²) in [6.45, 7) is 2.10. The molecular weight excluding hydrogens is 202 g/mol. The first-order chi connectivity index (χ1) is 7.57. The zero-order valence-electron chi connectivity index (χ0n) is 9.75. The Bertz CT molecular complexity index is 428. The Morgan fingerprint density at radius 1 is 1.50 bits per heavy atom. The number of carbonyl (C=O) groups is 1. The molecule has 0 heterocycles. The van der Waals surface area contributed by atoms with Crippen molar-refractivity contribution in [1.29, 1.82) is 0 Å². The van der Waals surface area contributed by atoms with E-state index in [1.165, 1.54) is 23.8 Å². The number of fused-ring (bicyclic) bond motifs is 1. The molecule has 2 N–H and O–H groups in total. The van der Waals surface area contributed by atoms with Crippen molar-refractivity contribution in [3.8, 4) is 0 Å². The zero-order valence-corrected chi connectivity index (χ0v) is 9.75. The van der Waals surface area contributed by atoms with Gasteiger partial charge >= 0.3 is 5.97 Å². The highest BCUT2D eigenvalue weighted by molar-refractivity contribution is 5.81. The van der Waals surface area contributed by atoms with Crippen LogP contribution in [0.25, 0.3) is 0 Å². The summed E-state index contributed by atoms with van der Waals surface area (Å²) in [5.74, 6) is -0.306. The predicted octanol–water partition coefficient (Wildman–Crippen LogP) is 1.35. The number of benzene rings is 1. The molecule has 3 nitrogen and oxygen atoms in total. The number of methoxy groups -OCH3 is 1. The third kappa shape index (κ3) is 1.71. The summed E-state index contributed by atoms with van der Waals surface area (Å²) in [6, 6.07) is 6.16. The van der Waals surface area contributed by atoms with Crippen molar-refractivity contribution in [3.63, 3.8) is 0 Å². The Balaban J connectivity index is 2.34. The lowest BCUT2D eigenvalue weighted by Gasteiger charge is -2.32. The van der Waals surface area contributed by atoms with Gasteiger partial charge in [-0.05, 0) is 36.5 Å². The van der Waals surface area contributed by atoms with Gasteiger partial charge in [0.15, 0.2) is 0 Å². The quantitative estimate of drug-likeness (QED) is 0.725. The molecule has 1 aromatic carbocycles. The van der Waals surface area contributed by atoms with Gasteiger partial charge in [0.05, 0.1) is 7.11 Å². The van der Waals surface area contributed by atoms with E-state index in [-0.39, 0.29) is 5.97 Å². The van der Waals surface area contributed by atoms with Crippen molar-refractivity contribution in [3.05, 3.63) is 34.9 Å². The number of ether oxygens (including phenoxy) is 1. The van der Waals surface area contributed by atoms with Crippen molar-refractivity contribution in [2.45, 2.75) is 31.7 Å². The van der Waals surface area contributed by atoms with Crippen LogP contribution in [0.4, 0.5) is 0 Å². The highest BCUT2D eigenvalue weighted by Gasteiger charge is 2.38. The van der Waals surface area contributed by atoms with E-state index in [1.807, 2.05) is 12.1 Å². The van der Waals surface area contributed by atoms with Gasteiger partial charge < -0.3 is 10.5 Å². The monoisotopic (exact) mass is 219 g/mol. The second kappa shape index (κ2) is 3.91. The fraction of sp³-hybridized carbons (Fsp3) is 0.462. The third-order valence-corrected chi connectivity index (χ3v) is 3.43. The molecule has 0 amide bonds. The number of nitrogens with two attached hydrogens (primary N) is 1. The largest absolute Gasteiger partial charge is 0.468 e. The van der Waals surface area contributed by atoms with E-state index in [9.17, 15) is 4.79 Å². The summed E-state index contributed by atoms with van der Waals surface area (Å²) in [7, 11) is 1.39. The average Bonchev–Trinajstić information content (AvgIpc) is 2.28. The Kier molecular flexibility index (Phi) is 2.72. The Morgan fingerprint density at radius 3 is 2.94 bits per heavy atom. The van der Waals surface area contributed by atoms with E-state index >= 15 is 0 Å². The molecule has 2 rings (SSSR count). The molecule has 3 heteroatoms. The van der Waals surface area contributed by atoms with Crippen molar-refractivity contribution < 1.29 is 9.53 Å². The summed E-state index contributed by atoms with van der Waals surface area (Å²) in [4.78, 5) is 11.6. The van der Waals surface area contributed by atoms with Crippen molar-refractivity contribution >= 4 is 5.97 Å². The molecule has 0 bridgehead atoms. The molecule has 0 aromatic heterocycles. The van der Waals surface area contributed by atoms with Crippen molar-refractivity contribution in [2.24, 2.45) is 5.73 Å². The minimum atomic E-state index is -0.838. The van der Waals surface area contributed by atoms with Gasteiger partial charge in [-0.25, -0.2) is 0 Å². The molecule has 0 spiro atoms. The molecule has 1 aliphatic carbocycles. The molecule has 0 saturated heterocycles. The average molecular weight is 219 g/mol. The predicted molar refractivity (Wildman–Crippen MR) is 62.1 cm³/mol. The standard InChI is InChI=1S/C13H17NO2/c1-9-4-3-5-10-8-13(14,12(15)16-2)7-6-11(9)10/h3-5H,6-8,14H2,1-2H3. The smallest absolute Gasteiger partial charge is 0.326 e. The zero-order chi connectivity index (χ0) is 11.8. The van der Waals surface area contributed by atoms with E-state index in [4.69, 9.17) is 10.5 Å². The van der Waals surface area contributed by atoms with Crippen LogP contribution in [0, 0.1) is 6.92 Å². The lowest BCUT2D eigenvalue weighted by atomic mass is 9.77. The maximum absolute atomic E-state index is 11.6. The number of aryl methyl sites for hydroxylation is 1. The lowest BCUT2D eigenvalue weighted by Crippen LogP contribution is -2.52. The van der Waals surface area contributed by atoms with Crippen LogP contribution < -0.4 is 5.73 Å².